The van der Waals surface area contributed by atoms with E-state index in [0.29, 0.717) is 17.7 Å². The molecule has 1 amide bonds. The first-order valence-electron chi connectivity index (χ1n) is 8.78. The number of carbonyl (C=O) groups is 1. The largest absolute Gasteiger partial charge is 0.324 e. The fourth-order valence-corrected chi connectivity index (χ4v) is 3.64. The van der Waals surface area contributed by atoms with Gasteiger partial charge >= 0.3 is 0 Å². The number of para-hydroxylation sites is 1. The Morgan fingerprint density at radius 1 is 1.10 bits per heavy atom. The molecule has 1 N–H and O–H groups in total. The maximum Gasteiger partial charge on any atom is 0.235 e. The molecular weight excluding hydrogens is 422 g/mol. The van der Waals surface area contributed by atoms with Gasteiger partial charge in [0.2, 0.25) is 11.1 Å². The van der Waals surface area contributed by atoms with Crippen LogP contribution in [0.2, 0.25) is 0 Å². The third-order valence-corrected chi connectivity index (χ3v) is 5.22. The highest BCUT2D eigenvalue weighted by Crippen LogP contribution is 2.27. The van der Waals surface area contributed by atoms with Crippen LogP contribution < -0.4 is 5.32 Å². The smallest absolute Gasteiger partial charge is 0.235 e. The lowest BCUT2D eigenvalue weighted by Gasteiger charge is -2.08. The number of carbonyl (C=O) groups excluding carboxylic acids is 1. The summed E-state index contributed by atoms with van der Waals surface area (Å²) in [5, 5.41) is 11.1. The number of halogens is 4. The van der Waals surface area contributed by atoms with Gasteiger partial charge in [-0.3, -0.25) is 4.79 Å². The van der Waals surface area contributed by atoms with Crippen molar-refractivity contribution in [3.05, 3.63) is 53.6 Å². The summed E-state index contributed by atoms with van der Waals surface area (Å²) < 4.78 is 55.8. The first-order chi connectivity index (χ1) is 14.4. The molecule has 0 atom stereocenters. The summed E-state index contributed by atoms with van der Waals surface area (Å²) in [5.41, 5.74) is 0.955. The van der Waals surface area contributed by atoms with E-state index in [2.05, 4.69) is 15.2 Å². The SMILES string of the molecule is CCn1c2ccccc2c2nnc(SCC(=O)Nc3c(F)c(F)cc(F)c3F)nc21. The lowest BCUT2D eigenvalue weighted by Crippen LogP contribution is -2.18. The molecule has 0 bridgehead atoms. The molecule has 0 aliphatic carbocycles. The summed E-state index contributed by atoms with van der Waals surface area (Å²) in [6.45, 7) is 2.59. The molecule has 0 fully saturated rings. The van der Waals surface area contributed by atoms with Crippen molar-refractivity contribution in [2.75, 3.05) is 11.1 Å². The maximum absolute atomic E-state index is 13.7. The first kappa shape index (κ1) is 20.1. The number of aromatic nitrogens is 4. The van der Waals surface area contributed by atoms with Crippen molar-refractivity contribution in [1.29, 1.82) is 0 Å². The number of fused-ring (bicyclic) bond motifs is 3. The Bertz CT molecular complexity index is 1270. The second-order valence-corrected chi connectivity index (χ2v) is 7.15. The molecule has 6 nitrogen and oxygen atoms in total. The number of rotatable bonds is 5. The molecule has 4 rings (SSSR count). The van der Waals surface area contributed by atoms with E-state index in [1.54, 1.807) is 0 Å². The van der Waals surface area contributed by atoms with E-state index in [4.69, 9.17) is 0 Å². The third kappa shape index (κ3) is 3.45. The van der Waals surface area contributed by atoms with Crippen LogP contribution in [0, 0.1) is 23.3 Å². The molecule has 2 aromatic heterocycles. The molecule has 11 heteroatoms. The van der Waals surface area contributed by atoms with Gasteiger partial charge in [-0.1, -0.05) is 30.0 Å². The molecule has 2 heterocycles. The molecule has 2 aromatic carbocycles. The number of nitrogens with one attached hydrogen (secondary N) is 1. The molecule has 4 aromatic rings. The Morgan fingerprint density at radius 3 is 2.50 bits per heavy atom. The maximum atomic E-state index is 13.7. The minimum absolute atomic E-state index is 0.0661. The summed E-state index contributed by atoms with van der Waals surface area (Å²) in [5.74, 6) is -7.82. The van der Waals surface area contributed by atoms with Crippen LogP contribution >= 0.6 is 11.8 Å². The van der Waals surface area contributed by atoms with Gasteiger partial charge in [0.25, 0.3) is 0 Å². The Morgan fingerprint density at radius 2 is 1.80 bits per heavy atom. The van der Waals surface area contributed by atoms with Crippen molar-refractivity contribution < 1.29 is 22.4 Å². The average Bonchev–Trinajstić information content (AvgIpc) is 3.06. The normalized spacial score (nSPS) is 11.4. The standard InChI is InChI=1S/C19H13F4N5OS/c1-2-28-12-6-4-3-5-9(12)16-18(28)25-19(27-26-16)30-8-13(29)24-17-14(22)10(20)7-11(21)15(17)23/h3-7H,2,8H2,1H3,(H,24,29). The molecule has 0 saturated heterocycles. The predicted molar refractivity (Wildman–Crippen MR) is 104 cm³/mol. The lowest BCUT2D eigenvalue weighted by molar-refractivity contribution is -0.113. The van der Waals surface area contributed by atoms with Gasteiger partial charge in [-0.05, 0) is 13.0 Å². The van der Waals surface area contributed by atoms with E-state index in [0.717, 1.165) is 22.7 Å². The van der Waals surface area contributed by atoms with E-state index < -0.39 is 34.9 Å². The number of anilines is 1. The Kier molecular flexibility index (Phi) is 5.29. The first-order valence-corrected chi connectivity index (χ1v) is 9.76. The highest BCUT2D eigenvalue weighted by atomic mass is 32.2. The monoisotopic (exact) mass is 435 g/mol. The topological polar surface area (TPSA) is 72.7 Å². The van der Waals surface area contributed by atoms with E-state index in [1.165, 1.54) is 0 Å². The van der Waals surface area contributed by atoms with Crippen molar-refractivity contribution in [2.45, 2.75) is 18.6 Å². The number of nitrogens with zero attached hydrogens (tertiary/aromatic N) is 4. The zero-order valence-corrected chi connectivity index (χ0v) is 16.2. The zero-order valence-electron chi connectivity index (χ0n) is 15.4. The van der Waals surface area contributed by atoms with Crippen LogP contribution in [0.1, 0.15) is 6.92 Å². The van der Waals surface area contributed by atoms with Gasteiger partial charge in [0.1, 0.15) is 11.2 Å². The number of thioether (sulfide) groups is 1. The second kappa shape index (κ2) is 7.90. The highest BCUT2D eigenvalue weighted by molar-refractivity contribution is 7.99. The minimum Gasteiger partial charge on any atom is -0.324 e. The summed E-state index contributed by atoms with van der Waals surface area (Å²) >= 11 is 0.869. The number of aryl methyl sites for hydroxylation is 1. The van der Waals surface area contributed by atoms with Gasteiger partial charge in [-0.2, -0.15) is 0 Å². The van der Waals surface area contributed by atoms with E-state index in [9.17, 15) is 22.4 Å². The van der Waals surface area contributed by atoms with Crippen molar-refractivity contribution in [2.24, 2.45) is 0 Å². The minimum atomic E-state index is -1.68. The Labute approximate surface area is 171 Å². The van der Waals surface area contributed by atoms with Crippen LogP contribution in [-0.2, 0) is 11.3 Å². The third-order valence-electron chi connectivity index (χ3n) is 4.38. The Hall–Kier alpha value is -3.21. The number of benzene rings is 2. The summed E-state index contributed by atoms with van der Waals surface area (Å²) in [6, 6.07) is 7.68. The van der Waals surface area contributed by atoms with Gasteiger partial charge in [0.15, 0.2) is 28.9 Å². The van der Waals surface area contributed by atoms with Crippen LogP contribution in [0.15, 0.2) is 35.5 Å². The fraction of sp³-hybridized carbons (Fsp3) is 0.158. The quantitative estimate of drug-likeness (QED) is 0.288. The highest BCUT2D eigenvalue weighted by Gasteiger charge is 2.21. The molecular formula is C19H13F4N5OS. The Balaban J connectivity index is 1.56. The van der Waals surface area contributed by atoms with Gasteiger partial charge in [-0.25, -0.2) is 22.5 Å². The molecule has 154 valence electrons. The van der Waals surface area contributed by atoms with Crippen LogP contribution in [0.25, 0.3) is 22.1 Å². The van der Waals surface area contributed by atoms with Crippen LogP contribution in [0.4, 0.5) is 23.2 Å². The van der Waals surface area contributed by atoms with Gasteiger partial charge < -0.3 is 9.88 Å². The molecule has 0 radical (unpaired) electrons. The number of hydrogen-bond donors (Lipinski definition) is 1. The van der Waals surface area contributed by atoms with Crippen molar-refractivity contribution >= 4 is 45.4 Å². The second-order valence-electron chi connectivity index (χ2n) is 6.21. The van der Waals surface area contributed by atoms with E-state index in [1.807, 2.05) is 41.1 Å². The van der Waals surface area contributed by atoms with E-state index >= 15 is 0 Å². The van der Waals surface area contributed by atoms with E-state index in [-0.39, 0.29) is 17.0 Å². The lowest BCUT2D eigenvalue weighted by atomic mass is 10.2. The molecule has 0 unspecified atom stereocenters. The van der Waals surface area contributed by atoms with Gasteiger partial charge in [0, 0.05) is 18.0 Å². The molecule has 30 heavy (non-hydrogen) atoms. The zero-order chi connectivity index (χ0) is 21.4. The predicted octanol–water partition coefficient (Wildman–Crippen LogP) is 4.29. The molecule has 0 saturated carbocycles. The van der Waals surface area contributed by atoms with Crippen molar-refractivity contribution in [3.8, 4) is 0 Å². The number of amides is 1. The van der Waals surface area contributed by atoms with Crippen LogP contribution in [0.3, 0.4) is 0 Å². The van der Waals surface area contributed by atoms with Crippen molar-refractivity contribution in [1.82, 2.24) is 19.7 Å². The fourth-order valence-electron chi connectivity index (χ4n) is 3.06. The average molecular weight is 435 g/mol. The number of hydrogen-bond acceptors (Lipinski definition) is 5. The van der Waals surface area contributed by atoms with Crippen LogP contribution in [-0.4, -0.2) is 31.4 Å². The molecule has 0 spiro atoms. The summed E-state index contributed by atoms with van der Waals surface area (Å²) in [6.07, 6.45) is 0. The van der Waals surface area contributed by atoms with Crippen LogP contribution in [0.5, 0.6) is 0 Å². The van der Waals surface area contributed by atoms with Crippen molar-refractivity contribution in [3.63, 3.8) is 0 Å². The summed E-state index contributed by atoms with van der Waals surface area (Å²) in [4.78, 5) is 16.5. The molecule has 0 aliphatic heterocycles. The molecule has 0 aliphatic rings. The van der Waals surface area contributed by atoms with Gasteiger partial charge in [-0.15, -0.1) is 10.2 Å². The summed E-state index contributed by atoms with van der Waals surface area (Å²) in [7, 11) is 0. The van der Waals surface area contributed by atoms with Gasteiger partial charge in [0.05, 0.1) is 11.3 Å².